The van der Waals surface area contributed by atoms with E-state index in [2.05, 4.69) is 25.8 Å². The Morgan fingerprint density at radius 2 is 1.91 bits per heavy atom. The summed E-state index contributed by atoms with van der Waals surface area (Å²) in [5, 5.41) is 14.4. The van der Waals surface area contributed by atoms with Crippen LogP contribution in [0.5, 0.6) is 0 Å². The van der Waals surface area contributed by atoms with Gasteiger partial charge in [0.15, 0.2) is 17.5 Å². The number of amides is 1. The minimum Gasteiger partial charge on any atom is -0.383 e. The lowest BCUT2D eigenvalue weighted by Gasteiger charge is -2.18. The lowest BCUT2D eigenvalue weighted by molar-refractivity contribution is -0.123. The van der Waals surface area contributed by atoms with Crippen LogP contribution in [-0.2, 0) is 4.79 Å². The number of halogens is 2. The molecule has 0 spiro atoms. The molecule has 170 valence electrons. The van der Waals surface area contributed by atoms with E-state index in [4.69, 9.17) is 5.73 Å². The van der Waals surface area contributed by atoms with Crippen LogP contribution >= 0.6 is 0 Å². The topological polar surface area (TPSA) is 112 Å². The summed E-state index contributed by atoms with van der Waals surface area (Å²) in [5.41, 5.74) is 8.16. The zero-order chi connectivity index (χ0) is 23.8. The molecule has 10 heteroatoms. The van der Waals surface area contributed by atoms with Crippen LogP contribution in [0.2, 0.25) is 0 Å². The summed E-state index contributed by atoms with van der Waals surface area (Å²) in [6, 6.07) is 7.98. The number of carbonyl (C=O) groups excluding carboxylic acids is 1. The molecular weight excluding hydrogens is 428 g/mol. The number of nitrogens with two attached hydrogens (primary N) is 1. The van der Waals surface area contributed by atoms with Crippen molar-refractivity contribution in [3.63, 3.8) is 0 Å². The zero-order valence-corrected chi connectivity index (χ0v) is 18.4. The lowest BCUT2D eigenvalue weighted by Crippen LogP contribution is -2.27. The number of pyridine rings is 1. The van der Waals surface area contributed by atoms with Crippen LogP contribution in [0, 0.1) is 5.41 Å². The highest BCUT2D eigenvalue weighted by molar-refractivity contribution is 5.94. The maximum absolute atomic E-state index is 14.4. The third-order valence-electron chi connectivity index (χ3n) is 5.25. The van der Waals surface area contributed by atoms with Gasteiger partial charge < -0.3 is 11.1 Å². The van der Waals surface area contributed by atoms with Gasteiger partial charge in [0.25, 0.3) is 0 Å². The predicted molar refractivity (Wildman–Crippen MR) is 121 cm³/mol. The van der Waals surface area contributed by atoms with E-state index >= 15 is 0 Å². The fourth-order valence-electron chi connectivity index (χ4n) is 3.31. The van der Waals surface area contributed by atoms with Gasteiger partial charge in [-0.2, -0.15) is 0 Å². The maximum atomic E-state index is 14.4. The Balaban J connectivity index is 1.65. The molecule has 0 saturated heterocycles. The number of hydrogen-bond acceptors (Lipinski definition) is 6. The molecule has 0 bridgehead atoms. The molecule has 4 rings (SSSR count). The minimum atomic E-state index is -1.01. The van der Waals surface area contributed by atoms with E-state index in [-0.39, 0.29) is 24.0 Å². The highest BCUT2D eigenvalue weighted by Crippen LogP contribution is 2.35. The molecule has 0 radical (unpaired) electrons. The molecule has 1 atom stereocenters. The summed E-state index contributed by atoms with van der Waals surface area (Å²) in [6.07, 6.45) is 4.40. The molecule has 0 aliphatic heterocycles. The molecule has 1 aromatic carbocycles. The largest absolute Gasteiger partial charge is 0.383 e. The summed E-state index contributed by atoms with van der Waals surface area (Å²) >= 11 is 0. The van der Waals surface area contributed by atoms with Gasteiger partial charge in [0.2, 0.25) is 5.91 Å². The molecule has 33 heavy (non-hydrogen) atoms. The van der Waals surface area contributed by atoms with E-state index in [1.165, 1.54) is 10.8 Å². The first kappa shape index (κ1) is 22.3. The fraction of sp³-hybridized carbons (Fsp3) is 0.261. The van der Waals surface area contributed by atoms with E-state index < -0.39 is 23.1 Å². The normalized spacial score (nSPS) is 16.2. The molecule has 8 nitrogen and oxygen atoms in total. The number of rotatable bonds is 4. The van der Waals surface area contributed by atoms with Crippen LogP contribution in [0.1, 0.15) is 33.2 Å². The van der Waals surface area contributed by atoms with Crippen molar-refractivity contribution >= 4 is 17.4 Å². The smallest absolute Gasteiger partial charge is 0.229 e. The molecule has 3 N–H and O–H groups in total. The van der Waals surface area contributed by atoms with Crippen molar-refractivity contribution < 1.29 is 13.6 Å². The van der Waals surface area contributed by atoms with Gasteiger partial charge in [0, 0.05) is 22.9 Å². The second-order valence-corrected chi connectivity index (χ2v) is 8.74. The monoisotopic (exact) mass is 451 g/mol. The molecule has 2 heterocycles. The first-order valence-electron chi connectivity index (χ1n) is 10.3. The minimum absolute atomic E-state index is 0.0891. The maximum Gasteiger partial charge on any atom is 0.229 e. The standard InChI is InChI=1S/C23H23F2N7O/c1-23(2,3)22(33)28-15-9-7-13(8-10-15)14-11-16(20(26)27-12-14)21-29-30-31-32(21)18-6-4-5-17(24)19(18)25/h4-5,7-12,18H,6H2,1-3H3,(H2,26,27)(H,28,33). The highest BCUT2D eigenvalue weighted by Gasteiger charge is 2.28. The van der Waals surface area contributed by atoms with E-state index in [1.807, 2.05) is 32.9 Å². The Hall–Kier alpha value is -3.95. The number of hydrogen-bond donors (Lipinski definition) is 2. The van der Waals surface area contributed by atoms with Gasteiger partial charge in [-0.25, -0.2) is 18.4 Å². The number of carbonyl (C=O) groups is 1. The second-order valence-electron chi connectivity index (χ2n) is 8.74. The van der Waals surface area contributed by atoms with E-state index in [1.54, 1.807) is 24.4 Å². The molecule has 2 aromatic heterocycles. The Bertz CT molecular complexity index is 1260. The van der Waals surface area contributed by atoms with Crippen molar-refractivity contribution in [3.8, 4) is 22.5 Å². The lowest BCUT2D eigenvalue weighted by atomic mass is 9.95. The highest BCUT2D eigenvalue weighted by atomic mass is 19.2. The third kappa shape index (κ3) is 4.50. The molecule has 1 aliphatic rings. The van der Waals surface area contributed by atoms with Crippen LogP contribution in [0.3, 0.4) is 0 Å². The Morgan fingerprint density at radius 1 is 1.18 bits per heavy atom. The van der Waals surface area contributed by atoms with Gasteiger partial charge in [0.05, 0.1) is 5.56 Å². The number of aromatic nitrogens is 5. The van der Waals surface area contributed by atoms with Crippen molar-refractivity contribution in [2.75, 3.05) is 11.1 Å². The quantitative estimate of drug-likeness (QED) is 0.599. The third-order valence-corrected chi connectivity index (χ3v) is 5.25. The fourth-order valence-corrected chi connectivity index (χ4v) is 3.31. The van der Waals surface area contributed by atoms with Crippen LogP contribution in [-0.4, -0.2) is 31.1 Å². The predicted octanol–water partition coefficient (Wildman–Crippen LogP) is 4.62. The van der Waals surface area contributed by atoms with Crippen molar-refractivity contribution in [1.82, 2.24) is 25.2 Å². The summed E-state index contributed by atoms with van der Waals surface area (Å²) < 4.78 is 29.4. The number of nitrogens with one attached hydrogen (secondary N) is 1. The Labute approximate surface area is 189 Å². The van der Waals surface area contributed by atoms with Crippen molar-refractivity contribution in [2.45, 2.75) is 33.2 Å². The van der Waals surface area contributed by atoms with Gasteiger partial charge in [-0.05, 0) is 46.7 Å². The number of allylic oxidation sites excluding steroid dienone is 4. The molecule has 1 aliphatic carbocycles. The van der Waals surface area contributed by atoms with Crippen molar-refractivity contribution in [3.05, 3.63) is 60.3 Å². The Morgan fingerprint density at radius 3 is 2.61 bits per heavy atom. The second kappa shape index (κ2) is 8.53. The molecule has 1 amide bonds. The van der Waals surface area contributed by atoms with E-state index in [0.717, 1.165) is 11.6 Å². The number of anilines is 2. The average Bonchev–Trinajstić information content (AvgIpc) is 3.25. The average molecular weight is 451 g/mol. The van der Waals surface area contributed by atoms with Gasteiger partial charge >= 0.3 is 0 Å². The molecular formula is C23H23F2N7O. The molecule has 0 fully saturated rings. The van der Waals surface area contributed by atoms with Crippen LogP contribution < -0.4 is 11.1 Å². The van der Waals surface area contributed by atoms with E-state index in [9.17, 15) is 13.6 Å². The van der Waals surface area contributed by atoms with Gasteiger partial charge in [0.1, 0.15) is 11.9 Å². The summed E-state index contributed by atoms with van der Waals surface area (Å²) in [7, 11) is 0. The van der Waals surface area contributed by atoms with Gasteiger partial charge in [-0.1, -0.05) is 39.0 Å². The van der Waals surface area contributed by atoms with E-state index in [0.29, 0.717) is 16.8 Å². The zero-order valence-electron chi connectivity index (χ0n) is 18.4. The van der Waals surface area contributed by atoms with Crippen LogP contribution in [0.4, 0.5) is 20.3 Å². The summed E-state index contributed by atoms with van der Waals surface area (Å²) in [6.45, 7) is 5.52. The molecule has 1 unspecified atom stereocenters. The number of benzene rings is 1. The Kier molecular flexibility index (Phi) is 5.75. The summed E-state index contributed by atoms with van der Waals surface area (Å²) in [4.78, 5) is 16.4. The van der Waals surface area contributed by atoms with Gasteiger partial charge in [-0.15, -0.1) is 5.10 Å². The first-order valence-corrected chi connectivity index (χ1v) is 10.3. The van der Waals surface area contributed by atoms with Crippen molar-refractivity contribution in [2.24, 2.45) is 5.41 Å². The van der Waals surface area contributed by atoms with Gasteiger partial charge in [-0.3, -0.25) is 4.79 Å². The molecule has 0 saturated carbocycles. The number of nitrogens with zero attached hydrogens (tertiary/aromatic N) is 5. The molecule has 3 aromatic rings. The van der Waals surface area contributed by atoms with Crippen LogP contribution in [0.15, 0.2) is 60.3 Å². The number of nitrogen functional groups attached to an aromatic ring is 1. The first-order chi connectivity index (χ1) is 15.6. The SMILES string of the molecule is CC(C)(C)C(=O)Nc1ccc(-c2cnc(N)c(-c3nnnn3C3CC=CC(F)=C3F)c2)cc1. The van der Waals surface area contributed by atoms with Crippen molar-refractivity contribution in [1.29, 1.82) is 0 Å². The van der Waals surface area contributed by atoms with Crippen LogP contribution in [0.25, 0.3) is 22.5 Å². The summed E-state index contributed by atoms with van der Waals surface area (Å²) in [5.74, 6) is -1.65. The number of tetrazole rings is 1.